The van der Waals surface area contributed by atoms with Crippen molar-refractivity contribution in [3.63, 3.8) is 0 Å². The number of amides is 1. The molecule has 3 rings (SSSR count). The Morgan fingerprint density at radius 3 is 2.90 bits per heavy atom. The number of carbonyl (C=O) groups is 1. The van der Waals surface area contributed by atoms with Gasteiger partial charge in [-0.25, -0.2) is 0 Å². The third kappa shape index (κ3) is 3.12. The molecule has 0 unspecified atom stereocenters. The zero-order valence-corrected chi connectivity index (χ0v) is 13.2. The molecule has 0 aromatic carbocycles. The number of nitrogens with one attached hydrogen (secondary N) is 1. The minimum absolute atomic E-state index is 0.0363. The topological polar surface area (TPSA) is 54.7 Å². The highest BCUT2D eigenvalue weighted by atomic mass is 32.2. The lowest BCUT2D eigenvalue weighted by atomic mass is 9.95. The molecule has 1 amide bonds. The van der Waals surface area contributed by atoms with Crippen molar-refractivity contribution in [2.75, 3.05) is 44.4 Å². The van der Waals surface area contributed by atoms with E-state index >= 15 is 0 Å². The Bertz CT molecular complexity index is 491. The van der Waals surface area contributed by atoms with Crippen molar-refractivity contribution in [2.45, 2.75) is 18.9 Å². The van der Waals surface area contributed by atoms with Crippen molar-refractivity contribution in [1.82, 2.24) is 10.2 Å². The number of aryl methyl sites for hydroxylation is 1. The van der Waals surface area contributed by atoms with E-state index < -0.39 is 0 Å². The van der Waals surface area contributed by atoms with Crippen molar-refractivity contribution in [3.05, 3.63) is 23.7 Å². The van der Waals surface area contributed by atoms with Gasteiger partial charge < -0.3 is 14.5 Å². The molecule has 2 saturated heterocycles. The summed E-state index contributed by atoms with van der Waals surface area (Å²) in [4.78, 5) is 14.8. The molecule has 1 N–H and O–H groups in total. The highest BCUT2D eigenvalue weighted by Crippen LogP contribution is 2.33. The highest BCUT2D eigenvalue weighted by molar-refractivity contribution is 7.99. The van der Waals surface area contributed by atoms with Crippen LogP contribution in [0.3, 0.4) is 0 Å². The summed E-state index contributed by atoms with van der Waals surface area (Å²) in [7, 11) is 0. The number of rotatable bonds is 4. The molecule has 0 bridgehead atoms. The minimum Gasteiger partial charge on any atom is -0.469 e. The van der Waals surface area contributed by atoms with Gasteiger partial charge in [-0.15, -0.1) is 0 Å². The Kier molecular flexibility index (Phi) is 4.57. The number of nitrogens with zero attached hydrogens (tertiary/aromatic N) is 1. The Balaban J connectivity index is 1.65. The third-order valence-electron chi connectivity index (χ3n) is 4.45. The lowest BCUT2D eigenvalue weighted by molar-refractivity contribution is -0.0129. The van der Waals surface area contributed by atoms with E-state index in [9.17, 15) is 4.79 Å². The van der Waals surface area contributed by atoms with E-state index in [-0.39, 0.29) is 11.4 Å². The first-order chi connectivity index (χ1) is 10.2. The van der Waals surface area contributed by atoms with E-state index in [1.165, 1.54) is 0 Å². The van der Waals surface area contributed by atoms with E-state index in [1.54, 1.807) is 12.3 Å². The molecule has 21 heavy (non-hydrogen) atoms. The Labute approximate surface area is 129 Å². The molecular formula is C15H22N2O3S. The monoisotopic (exact) mass is 310 g/mol. The van der Waals surface area contributed by atoms with E-state index in [1.807, 2.05) is 18.7 Å². The third-order valence-corrected chi connectivity index (χ3v) is 5.68. The number of furan rings is 1. The van der Waals surface area contributed by atoms with E-state index in [0.29, 0.717) is 17.9 Å². The van der Waals surface area contributed by atoms with Gasteiger partial charge in [0.15, 0.2) is 0 Å². The Morgan fingerprint density at radius 2 is 2.29 bits per heavy atom. The lowest BCUT2D eigenvalue weighted by Crippen LogP contribution is -2.59. The number of thioether (sulfide) groups is 1. The standard InChI is InChI=1S/C15H22N2O3S/c1-12-13(2-6-20-12)14(18)16-10-15(3-9-21-11-15)17-4-7-19-8-5-17/h2,6H,3-5,7-11H2,1H3,(H,16,18)/t15-/m0/s1. The number of ether oxygens (including phenoxy) is 1. The maximum Gasteiger partial charge on any atom is 0.254 e. The molecule has 1 atom stereocenters. The Hall–Kier alpha value is -0.980. The summed E-state index contributed by atoms with van der Waals surface area (Å²) in [6.45, 7) is 6.02. The summed E-state index contributed by atoms with van der Waals surface area (Å²) in [6, 6.07) is 1.73. The van der Waals surface area contributed by atoms with Crippen LogP contribution >= 0.6 is 11.8 Å². The zero-order valence-electron chi connectivity index (χ0n) is 12.4. The van der Waals surface area contributed by atoms with Crippen molar-refractivity contribution in [3.8, 4) is 0 Å². The van der Waals surface area contributed by atoms with Gasteiger partial charge in [0.1, 0.15) is 5.76 Å². The van der Waals surface area contributed by atoms with Crippen LogP contribution in [-0.2, 0) is 4.74 Å². The van der Waals surface area contributed by atoms with E-state index in [2.05, 4.69) is 10.2 Å². The number of hydrogen-bond donors (Lipinski definition) is 1. The summed E-state index contributed by atoms with van der Waals surface area (Å²) in [5.74, 6) is 2.88. The SMILES string of the molecule is Cc1occc1C(=O)NC[C@@]1(N2CCOCC2)CCSC1. The van der Waals surface area contributed by atoms with Crippen molar-refractivity contribution in [2.24, 2.45) is 0 Å². The second kappa shape index (κ2) is 6.42. The van der Waals surface area contributed by atoms with Crippen molar-refractivity contribution in [1.29, 1.82) is 0 Å². The van der Waals surface area contributed by atoms with Gasteiger partial charge in [0.05, 0.1) is 25.0 Å². The van der Waals surface area contributed by atoms with Crippen LogP contribution in [0.5, 0.6) is 0 Å². The first-order valence-electron chi connectivity index (χ1n) is 7.44. The molecule has 1 aromatic heterocycles. The van der Waals surface area contributed by atoms with Crippen LogP contribution in [0.25, 0.3) is 0 Å². The summed E-state index contributed by atoms with van der Waals surface area (Å²) in [5.41, 5.74) is 0.722. The molecular weight excluding hydrogens is 288 g/mol. The average Bonchev–Trinajstić information content (AvgIpc) is 3.15. The number of morpholine rings is 1. The molecule has 0 aliphatic carbocycles. The second-order valence-electron chi connectivity index (χ2n) is 5.70. The summed E-state index contributed by atoms with van der Waals surface area (Å²) in [5, 5.41) is 3.11. The molecule has 6 heteroatoms. The molecule has 2 fully saturated rings. The maximum atomic E-state index is 12.3. The van der Waals surface area contributed by atoms with Gasteiger partial charge in [-0.1, -0.05) is 0 Å². The number of hydrogen-bond acceptors (Lipinski definition) is 5. The van der Waals surface area contributed by atoms with Gasteiger partial charge in [0.25, 0.3) is 5.91 Å². The predicted molar refractivity (Wildman–Crippen MR) is 82.8 cm³/mol. The lowest BCUT2D eigenvalue weighted by Gasteiger charge is -2.43. The van der Waals surface area contributed by atoms with Gasteiger partial charge in [-0.2, -0.15) is 11.8 Å². The molecule has 3 heterocycles. The van der Waals surface area contributed by atoms with E-state index in [0.717, 1.165) is 44.2 Å². The van der Waals surface area contributed by atoms with Crippen LogP contribution in [-0.4, -0.2) is 60.7 Å². The quantitative estimate of drug-likeness (QED) is 0.914. The fraction of sp³-hybridized carbons (Fsp3) is 0.667. The van der Waals surface area contributed by atoms with E-state index in [4.69, 9.17) is 9.15 Å². The molecule has 5 nitrogen and oxygen atoms in total. The fourth-order valence-electron chi connectivity index (χ4n) is 3.10. The summed E-state index contributed by atoms with van der Waals surface area (Å²) in [6.07, 6.45) is 2.69. The van der Waals surface area contributed by atoms with Crippen molar-refractivity contribution >= 4 is 17.7 Å². The predicted octanol–water partition coefficient (Wildman–Crippen LogP) is 1.53. The largest absolute Gasteiger partial charge is 0.469 e. The van der Waals surface area contributed by atoms with Crippen molar-refractivity contribution < 1.29 is 13.9 Å². The molecule has 2 aliphatic rings. The van der Waals surface area contributed by atoms with Crippen LogP contribution in [0, 0.1) is 6.92 Å². The smallest absolute Gasteiger partial charge is 0.254 e. The van der Waals surface area contributed by atoms with Gasteiger partial charge in [0, 0.05) is 30.9 Å². The first-order valence-corrected chi connectivity index (χ1v) is 8.60. The number of carbonyl (C=O) groups excluding carboxylic acids is 1. The van der Waals surface area contributed by atoms with Crippen LogP contribution in [0.2, 0.25) is 0 Å². The normalized spacial score (nSPS) is 26.9. The zero-order chi connectivity index (χ0) is 14.7. The first kappa shape index (κ1) is 14.9. The van der Waals surface area contributed by atoms with Gasteiger partial charge in [0.2, 0.25) is 0 Å². The molecule has 0 radical (unpaired) electrons. The van der Waals surface area contributed by atoms with Gasteiger partial charge in [-0.05, 0) is 25.2 Å². The van der Waals surface area contributed by atoms with Crippen LogP contribution < -0.4 is 5.32 Å². The van der Waals surface area contributed by atoms with Crippen LogP contribution in [0.1, 0.15) is 22.5 Å². The molecule has 1 aromatic rings. The Morgan fingerprint density at radius 1 is 1.48 bits per heavy atom. The average molecular weight is 310 g/mol. The van der Waals surface area contributed by atoms with Crippen LogP contribution in [0.15, 0.2) is 16.7 Å². The van der Waals surface area contributed by atoms with Crippen LogP contribution in [0.4, 0.5) is 0 Å². The highest BCUT2D eigenvalue weighted by Gasteiger charge is 2.40. The summed E-state index contributed by atoms with van der Waals surface area (Å²) >= 11 is 1.97. The van der Waals surface area contributed by atoms with Gasteiger partial charge >= 0.3 is 0 Å². The molecule has 2 aliphatic heterocycles. The summed E-state index contributed by atoms with van der Waals surface area (Å²) < 4.78 is 10.7. The fourth-order valence-corrected chi connectivity index (χ4v) is 4.57. The molecule has 116 valence electrons. The van der Waals surface area contributed by atoms with Gasteiger partial charge in [-0.3, -0.25) is 9.69 Å². The molecule has 0 saturated carbocycles. The second-order valence-corrected chi connectivity index (χ2v) is 6.80. The molecule has 0 spiro atoms. The minimum atomic E-state index is -0.0363. The maximum absolute atomic E-state index is 12.3.